The van der Waals surface area contributed by atoms with Gasteiger partial charge in [0.05, 0.1) is 0 Å². The van der Waals surface area contributed by atoms with E-state index in [4.69, 9.17) is 5.73 Å². The second kappa shape index (κ2) is 5.47. The van der Waals surface area contributed by atoms with E-state index in [1.807, 2.05) is 6.07 Å². The quantitative estimate of drug-likeness (QED) is 0.839. The molecule has 0 spiro atoms. The third-order valence-electron chi connectivity index (χ3n) is 3.32. The van der Waals surface area contributed by atoms with Crippen molar-refractivity contribution in [2.24, 2.45) is 11.7 Å². The van der Waals surface area contributed by atoms with Crippen molar-refractivity contribution in [1.29, 1.82) is 0 Å². The number of nitrogens with zero attached hydrogens (tertiary/aromatic N) is 1. The van der Waals surface area contributed by atoms with E-state index in [1.54, 1.807) is 6.07 Å². The zero-order chi connectivity index (χ0) is 12.3. The van der Waals surface area contributed by atoms with Crippen molar-refractivity contribution in [3.63, 3.8) is 0 Å². The van der Waals surface area contributed by atoms with Crippen LogP contribution in [0.1, 0.15) is 18.4 Å². The van der Waals surface area contributed by atoms with E-state index in [0.717, 1.165) is 37.2 Å². The first-order valence-electron chi connectivity index (χ1n) is 6.08. The van der Waals surface area contributed by atoms with Crippen molar-refractivity contribution in [3.05, 3.63) is 29.6 Å². The fourth-order valence-electron chi connectivity index (χ4n) is 2.38. The van der Waals surface area contributed by atoms with Gasteiger partial charge in [-0.3, -0.25) is 0 Å². The normalized spacial score (nSPS) is 20.6. The summed E-state index contributed by atoms with van der Waals surface area (Å²) in [5, 5.41) is 9.19. The monoisotopic (exact) mass is 238 g/mol. The molecule has 0 radical (unpaired) electrons. The molecule has 2 rings (SSSR count). The zero-order valence-corrected chi connectivity index (χ0v) is 9.90. The Morgan fingerprint density at radius 3 is 2.94 bits per heavy atom. The van der Waals surface area contributed by atoms with Crippen LogP contribution in [0.15, 0.2) is 18.2 Å². The molecule has 0 aliphatic carbocycles. The van der Waals surface area contributed by atoms with Gasteiger partial charge in [-0.25, -0.2) is 4.39 Å². The van der Waals surface area contributed by atoms with Crippen LogP contribution in [-0.2, 0) is 6.54 Å². The summed E-state index contributed by atoms with van der Waals surface area (Å²) in [7, 11) is 0. The fourth-order valence-corrected chi connectivity index (χ4v) is 2.38. The minimum Gasteiger partial charge on any atom is -0.396 e. The number of piperidine rings is 1. The van der Waals surface area contributed by atoms with Crippen molar-refractivity contribution >= 4 is 5.69 Å². The zero-order valence-electron chi connectivity index (χ0n) is 9.90. The summed E-state index contributed by atoms with van der Waals surface area (Å²) in [5.74, 6) is 0.0578. The molecule has 1 heterocycles. The molecule has 1 aliphatic rings. The van der Waals surface area contributed by atoms with Crippen LogP contribution in [0.25, 0.3) is 0 Å². The molecular weight excluding hydrogens is 219 g/mol. The van der Waals surface area contributed by atoms with Gasteiger partial charge in [-0.05, 0) is 42.5 Å². The Hall–Kier alpha value is -1.13. The molecule has 4 heteroatoms. The van der Waals surface area contributed by atoms with Crippen LogP contribution in [0.3, 0.4) is 0 Å². The number of hydrogen-bond donors (Lipinski definition) is 2. The number of nitrogens with two attached hydrogens (primary N) is 1. The Bertz CT molecular complexity index is 384. The highest BCUT2D eigenvalue weighted by atomic mass is 19.1. The maximum atomic E-state index is 13.4. The predicted molar refractivity (Wildman–Crippen MR) is 66.3 cm³/mol. The number of aliphatic hydroxyl groups excluding tert-OH is 1. The van der Waals surface area contributed by atoms with Crippen molar-refractivity contribution < 1.29 is 9.50 Å². The summed E-state index contributed by atoms with van der Waals surface area (Å²) in [6.07, 6.45) is 2.09. The van der Waals surface area contributed by atoms with Gasteiger partial charge in [0.2, 0.25) is 0 Å². The summed E-state index contributed by atoms with van der Waals surface area (Å²) < 4.78 is 13.4. The highest BCUT2D eigenvalue weighted by Gasteiger charge is 2.19. The van der Waals surface area contributed by atoms with Crippen LogP contribution in [0.4, 0.5) is 10.1 Å². The lowest BCUT2D eigenvalue weighted by Gasteiger charge is -2.33. The molecule has 1 aromatic rings. The minimum atomic E-state index is -0.242. The second-order valence-corrected chi connectivity index (χ2v) is 4.66. The van der Waals surface area contributed by atoms with Gasteiger partial charge in [0.1, 0.15) is 5.82 Å². The largest absolute Gasteiger partial charge is 0.396 e. The van der Waals surface area contributed by atoms with E-state index in [2.05, 4.69) is 4.90 Å². The predicted octanol–water partition coefficient (Wildman–Crippen LogP) is 1.49. The lowest BCUT2D eigenvalue weighted by molar-refractivity contribution is 0.208. The van der Waals surface area contributed by atoms with E-state index in [0.29, 0.717) is 12.5 Å². The van der Waals surface area contributed by atoms with Crippen LogP contribution >= 0.6 is 0 Å². The summed E-state index contributed by atoms with van der Waals surface area (Å²) in [6, 6.07) is 4.94. The molecule has 1 aromatic carbocycles. The number of rotatable bonds is 3. The van der Waals surface area contributed by atoms with E-state index >= 15 is 0 Å². The van der Waals surface area contributed by atoms with Crippen LogP contribution < -0.4 is 10.6 Å². The summed E-state index contributed by atoms with van der Waals surface area (Å²) in [6.45, 7) is 2.27. The molecule has 1 atom stereocenters. The Kier molecular flexibility index (Phi) is 3.97. The van der Waals surface area contributed by atoms with Gasteiger partial charge in [-0.2, -0.15) is 0 Å². The molecule has 1 unspecified atom stereocenters. The minimum absolute atomic E-state index is 0.204. The molecule has 1 fully saturated rings. The summed E-state index contributed by atoms with van der Waals surface area (Å²) >= 11 is 0. The third-order valence-corrected chi connectivity index (χ3v) is 3.32. The van der Waals surface area contributed by atoms with Gasteiger partial charge < -0.3 is 15.7 Å². The van der Waals surface area contributed by atoms with Crippen molar-refractivity contribution in [2.75, 3.05) is 24.6 Å². The summed E-state index contributed by atoms with van der Waals surface area (Å²) in [4.78, 5) is 2.13. The first kappa shape index (κ1) is 12.3. The molecule has 3 nitrogen and oxygen atoms in total. The number of hydrogen-bond acceptors (Lipinski definition) is 3. The molecule has 94 valence electrons. The number of halogens is 1. The Balaban J connectivity index is 2.18. The highest BCUT2D eigenvalue weighted by Crippen LogP contribution is 2.24. The van der Waals surface area contributed by atoms with E-state index in [-0.39, 0.29) is 12.4 Å². The van der Waals surface area contributed by atoms with Crippen molar-refractivity contribution in [1.82, 2.24) is 0 Å². The Morgan fingerprint density at radius 1 is 1.41 bits per heavy atom. The van der Waals surface area contributed by atoms with Gasteiger partial charge in [0, 0.05) is 31.9 Å². The van der Waals surface area contributed by atoms with Gasteiger partial charge in [-0.1, -0.05) is 0 Å². The SMILES string of the molecule is NCc1cc(F)cc(N2CCCC(CO)C2)c1. The van der Waals surface area contributed by atoms with E-state index in [1.165, 1.54) is 6.07 Å². The van der Waals surface area contributed by atoms with E-state index in [9.17, 15) is 9.50 Å². The first-order valence-corrected chi connectivity index (χ1v) is 6.08. The maximum absolute atomic E-state index is 13.4. The number of aliphatic hydroxyl groups is 1. The van der Waals surface area contributed by atoms with Crippen LogP contribution in [0, 0.1) is 11.7 Å². The molecule has 0 amide bonds. The van der Waals surface area contributed by atoms with Crippen molar-refractivity contribution in [2.45, 2.75) is 19.4 Å². The molecule has 0 saturated carbocycles. The molecule has 0 bridgehead atoms. The smallest absolute Gasteiger partial charge is 0.125 e. The summed E-state index contributed by atoms with van der Waals surface area (Å²) in [5.41, 5.74) is 7.23. The molecule has 1 saturated heterocycles. The highest BCUT2D eigenvalue weighted by molar-refractivity contribution is 5.49. The van der Waals surface area contributed by atoms with Crippen molar-refractivity contribution in [3.8, 4) is 0 Å². The molecule has 0 aromatic heterocycles. The lowest BCUT2D eigenvalue weighted by atomic mass is 9.98. The number of benzene rings is 1. The molecule has 3 N–H and O–H groups in total. The first-order chi connectivity index (χ1) is 8.22. The molecular formula is C13H19FN2O. The average Bonchev–Trinajstić information content (AvgIpc) is 2.38. The third kappa shape index (κ3) is 2.96. The Morgan fingerprint density at radius 2 is 2.24 bits per heavy atom. The van der Waals surface area contributed by atoms with Gasteiger partial charge in [0.25, 0.3) is 0 Å². The fraction of sp³-hybridized carbons (Fsp3) is 0.538. The van der Waals surface area contributed by atoms with Gasteiger partial charge >= 0.3 is 0 Å². The van der Waals surface area contributed by atoms with Crippen LogP contribution in [0.2, 0.25) is 0 Å². The van der Waals surface area contributed by atoms with Crippen LogP contribution in [-0.4, -0.2) is 24.8 Å². The second-order valence-electron chi connectivity index (χ2n) is 4.66. The number of anilines is 1. The maximum Gasteiger partial charge on any atom is 0.125 e. The van der Waals surface area contributed by atoms with Crippen LogP contribution in [0.5, 0.6) is 0 Å². The molecule has 1 aliphatic heterocycles. The Labute approximate surface area is 101 Å². The average molecular weight is 238 g/mol. The topological polar surface area (TPSA) is 49.5 Å². The van der Waals surface area contributed by atoms with E-state index < -0.39 is 0 Å². The lowest BCUT2D eigenvalue weighted by Crippen LogP contribution is -2.36. The molecule has 17 heavy (non-hydrogen) atoms. The van der Waals surface area contributed by atoms with Gasteiger partial charge in [0.15, 0.2) is 0 Å². The standard InChI is InChI=1S/C13H19FN2O/c14-12-4-11(7-15)5-13(6-12)16-3-1-2-10(8-16)9-17/h4-6,10,17H,1-3,7-9,15H2. The van der Waals surface area contributed by atoms with Gasteiger partial charge in [-0.15, -0.1) is 0 Å².